The van der Waals surface area contributed by atoms with Crippen molar-refractivity contribution in [2.24, 2.45) is 0 Å². The van der Waals surface area contributed by atoms with Crippen LogP contribution in [0.15, 0.2) is 60.7 Å². The summed E-state index contributed by atoms with van der Waals surface area (Å²) in [6, 6.07) is 17.8. The van der Waals surface area contributed by atoms with Crippen molar-refractivity contribution in [3.05, 3.63) is 76.3 Å². The lowest BCUT2D eigenvalue weighted by molar-refractivity contribution is -0.385. The maximum atomic E-state index is 13.7. The number of aromatic nitrogens is 2. The van der Waals surface area contributed by atoms with Gasteiger partial charge in [0.2, 0.25) is 6.79 Å². The van der Waals surface area contributed by atoms with E-state index >= 15 is 0 Å². The Balaban J connectivity index is 1.29. The van der Waals surface area contributed by atoms with Crippen LogP contribution >= 0.6 is 23.5 Å². The number of imidazole rings is 1. The number of rotatable bonds is 13. The fourth-order valence-corrected chi connectivity index (χ4v) is 8.05. The molecule has 0 spiro atoms. The molecule has 10 nitrogen and oxygen atoms in total. The number of fused-ring (bicyclic) bond motifs is 1. The summed E-state index contributed by atoms with van der Waals surface area (Å²) < 4.78 is 17.2. The number of ether oxygens (including phenoxy) is 3. The molecule has 1 aliphatic rings. The van der Waals surface area contributed by atoms with Gasteiger partial charge in [-0.25, -0.2) is 4.98 Å². The molecule has 1 saturated heterocycles. The first-order valence-electron chi connectivity index (χ1n) is 14.1. The van der Waals surface area contributed by atoms with Crippen molar-refractivity contribution in [1.29, 1.82) is 0 Å². The highest BCUT2D eigenvalue weighted by atomic mass is 32.2. The van der Waals surface area contributed by atoms with E-state index in [4.69, 9.17) is 14.2 Å². The molecule has 2 heterocycles. The van der Waals surface area contributed by atoms with Gasteiger partial charge >= 0.3 is 0 Å². The Morgan fingerprint density at radius 2 is 1.84 bits per heavy atom. The molecule has 1 aromatic heterocycles. The zero-order valence-electron chi connectivity index (χ0n) is 24.3. The van der Waals surface area contributed by atoms with E-state index in [1.807, 2.05) is 59.9 Å². The molecule has 0 aliphatic carbocycles. The first-order chi connectivity index (χ1) is 20.9. The first-order valence-corrected chi connectivity index (χ1v) is 16.2. The molecule has 0 radical (unpaired) electrons. The third-order valence-electron chi connectivity index (χ3n) is 7.20. The average Bonchev–Trinajstić information content (AvgIpc) is 3.68. The van der Waals surface area contributed by atoms with Crippen molar-refractivity contribution in [1.82, 2.24) is 14.9 Å². The lowest BCUT2D eigenvalue weighted by atomic mass is 10.1. The summed E-state index contributed by atoms with van der Waals surface area (Å²) in [5, 5.41) is 12.1. The molecule has 1 amide bonds. The van der Waals surface area contributed by atoms with Crippen LogP contribution in [0, 0.1) is 10.1 Å². The van der Waals surface area contributed by atoms with Crippen molar-refractivity contribution in [2.45, 2.75) is 37.3 Å². The molecule has 4 aromatic rings. The number of carbonyl (C=O) groups is 1. The minimum Gasteiger partial charge on any atom is -0.493 e. The van der Waals surface area contributed by atoms with Gasteiger partial charge in [0, 0.05) is 18.2 Å². The summed E-state index contributed by atoms with van der Waals surface area (Å²) in [5.74, 6) is 3.13. The Labute approximate surface area is 258 Å². The number of amides is 1. The summed E-state index contributed by atoms with van der Waals surface area (Å²) in [7, 11) is 1.43. The number of carbonyl (C=O) groups excluding carboxylic acids is 1. The van der Waals surface area contributed by atoms with Gasteiger partial charge in [-0.3, -0.25) is 14.9 Å². The van der Waals surface area contributed by atoms with Crippen molar-refractivity contribution < 1.29 is 23.9 Å². The molecule has 0 bridgehead atoms. The molecule has 1 N–H and O–H groups in total. The van der Waals surface area contributed by atoms with Gasteiger partial charge in [0.1, 0.15) is 17.1 Å². The third-order valence-corrected chi connectivity index (χ3v) is 9.97. The Morgan fingerprint density at radius 3 is 2.51 bits per heavy atom. The molecule has 43 heavy (non-hydrogen) atoms. The molecule has 5 rings (SSSR count). The fraction of sp³-hybridized carbons (Fsp3) is 0.355. The summed E-state index contributed by atoms with van der Waals surface area (Å²) in [5.41, 5.74) is 2.40. The summed E-state index contributed by atoms with van der Waals surface area (Å²) >= 11 is 3.63. The smallest absolute Gasteiger partial charge is 0.286 e. The second-order valence-electron chi connectivity index (χ2n) is 9.80. The average molecular weight is 623 g/mol. The van der Waals surface area contributed by atoms with Crippen LogP contribution in [0.25, 0.3) is 22.4 Å². The van der Waals surface area contributed by atoms with Crippen LogP contribution in [-0.4, -0.2) is 68.3 Å². The number of nitro groups is 1. The van der Waals surface area contributed by atoms with Gasteiger partial charge in [-0.1, -0.05) is 26.0 Å². The molecule has 12 heteroatoms. The van der Waals surface area contributed by atoms with E-state index in [2.05, 4.69) is 23.8 Å². The van der Waals surface area contributed by atoms with Gasteiger partial charge < -0.3 is 24.1 Å². The van der Waals surface area contributed by atoms with Crippen LogP contribution in [-0.2, 0) is 0 Å². The van der Waals surface area contributed by atoms with Crippen molar-refractivity contribution in [3.8, 4) is 28.6 Å². The van der Waals surface area contributed by atoms with Gasteiger partial charge in [0.15, 0.2) is 11.5 Å². The van der Waals surface area contributed by atoms with Gasteiger partial charge in [0.25, 0.3) is 11.6 Å². The summed E-state index contributed by atoms with van der Waals surface area (Å²) in [4.78, 5) is 35.0. The number of hydrogen-bond donors (Lipinski definition) is 1. The number of methoxy groups -OCH3 is 1. The minimum absolute atomic E-state index is 0.00931. The van der Waals surface area contributed by atoms with E-state index in [-0.39, 0.29) is 46.1 Å². The number of benzene rings is 3. The van der Waals surface area contributed by atoms with Crippen LogP contribution in [0.3, 0.4) is 0 Å². The molecular weight excluding hydrogens is 588 g/mol. The van der Waals surface area contributed by atoms with Crippen molar-refractivity contribution in [3.63, 3.8) is 0 Å². The second-order valence-corrected chi connectivity index (χ2v) is 12.9. The van der Waals surface area contributed by atoms with E-state index < -0.39 is 4.92 Å². The monoisotopic (exact) mass is 622 g/mol. The largest absolute Gasteiger partial charge is 0.493 e. The molecule has 226 valence electrons. The number of nitro benzene ring substituents is 1. The number of thioether (sulfide) groups is 2. The Hall–Kier alpha value is -3.90. The number of nitrogens with one attached hydrogen (secondary N) is 1. The molecule has 1 aliphatic heterocycles. The molecule has 1 fully saturated rings. The highest BCUT2D eigenvalue weighted by Gasteiger charge is 2.38. The molecule has 1 unspecified atom stereocenters. The number of hydrogen-bond acceptors (Lipinski definition) is 9. The first kappa shape index (κ1) is 30.6. The second kappa shape index (κ2) is 14.0. The van der Waals surface area contributed by atoms with E-state index in [0.717, 1.165) is 46.8 Å². The van der Waals surface area contributed by atoms with Crippen LogP contribution in [0.2, 0.25) is 0 Å². The van der Waals surface area contributed by atoms with E-state index in [0.29, 0.717) is 12.3 Å². The topological polar surface area (TPSA) is 120 Å². The normalized spacial score (nSPS) is 14.8. The van der Waals surface area contributed by atoms with E-state index in [9.17, 15) is 14.9 Å². The number of aromatic amines is 1. The zero-order chi connectivity index (χ0) is 30.3. The number of H-pyrrole nitrogens is 1. The van der Waals surface area contributed by atoms with Crippen LogP contribution in [0.4, 0.5) is 5.69 Å². The Bertz CT molecular complexity index is 1540. The lowest BCUT2D eigenvalue weighted by Crippen LogP contribution is -2.41. The summed E-state index contributed by atoms with van der Waals surface area (Å²) in [6.07, 6.45) is 1.74. The lowest BCUT2D eigenvalue weighted by Gasteiger charge is -2.31. The molecular formula is C31H34N4O6S2. The molecule has 3 aromatic carbocycles. The van der Waals surface area contributed by atoms with Crippen molar-refractivity contribution in [2.75, 3.05) is 32.0 Å². The highest BCUT2D eigenvalue weighted by Crippen LogP contribution is 2.39. The molecule has 0 saturated carbocycles. The van der Waals surface area contributed by atoms with Crippen molar-refractivity contribution >= 4 is 46.2 Å². The summed E-state index contributed by atoms with van der Waals surface area (Å²) in [6.45, 7) is 4.55. The van der Waals surface area contributed by atoms with Gasteiger partial charge in [-0.2, -0.15) is 0 Å². The minimum atomic E-state index is -0.554. The van der Waals surface area contributed by atoms with E-state index in [1.165, 1.54) is 19.2 Å². The fourth-order valence-electron chi connectivity index (χ4n) is 5.18. The third kappa shape index (κ3) is 6.86. The van der Waals surface area contributed by atoms with E-state index in [1.54, 1.807) is 17.0 Å². The number of likely N-dealkylation sites (tertiary alicyclic amines) is 1. The van der Waals surface area contributed by atoms with Gasteiger partial charge in [-0.05, 0) is 60.7 Å². The van der Waals surface area contributed by atoms with Crippen LogP contribution < -0.4 is 14.2 Å². The number of para-hydroxylation sites is 2. The Morgan fingerprint density at radius 1 is 1.09 bits per heavy atom. The van der Waals surface area contributed by atoms with Crippen LogP contribution in [0.1, 0.15) is 37.0 Å². The maximum Gasteiger partial charge on any atom is 0.286 e. The van der Waals surface area contributed by atoms with Gasteiger partial charge in [0.05, 0.1) is 39.8 Å². The molecule has 1 atom stereocenters. The Kier molecular flexibility index (Phi) is 9.98. The quantitative estimate of drug-likeness (QED) is 0.0955. The van der Waals surface area contributed by atoms with Crippen LogP contribution in [0.5, 0.6) is 17.2 Å². The predicted molar refractivity (Wildman–Crippen MR) is 171 cm³/mol. The predicted octanol–water partition coefficient (Wildman–Crippen LogP) is 7.00. The SMILES string of the molecule is CCSC(SCC)C1CCCN1C(=O)c1cc(OC)c(OCOc2ccc(-c3nc4ccccc4[nH]3)cc2)cc1[N+](=O)[O-]. The standard InChI is InChI=1S/C31H34N4O6S2/c1-4-42-31(43-5-2)25-11-8-16-34(25)30(36)22-17-27(39-3)28(18-26(22)35(37)38)41-19-40-21-14-12-20(13-15-21)29-32-23-9-6-7-10-24(23)33-29/h6-7,9-10,12-15,17-18,25,31H,4-5,8,11,16,19H2,1-3H3,(H,32,33). The zero-order valence-corrected chi connectivity index (χ0v) is 25.9. The maximum absolute atomic E-state index is 13.7. The van der Waals surface area contributed by atoms with Gasteiger partial charge in [-0.15, -0.1) is 23.5 Å². The highest BCUT2D eigenvalue weighted by molar-refractivity contribution is 8.17. The number of nitrogens with zero attached hydrogens (tertiary/aromatic N) is 3.